The van der Waals surface area contributed by atoms with Crippen LogP contribution in [-0.4, -0.2) is 50.2 Å². The molecule has 0 saturated heterocycles. The maximum absolute atomic E-state index is 11.0. The molecule has 2 unspecified atom stereocenters. The summed E-state index contributed by atoms with van der Waals surface area (Å²) in [6, 6.07) is 16.1. The number of aliphatic hydroxyl groups excluding tert-OH is 1. The topological polar surface area (TPSA) is 74.2 Å². The smallest absolute Gasteiger partial charge is 0.330 e. The van der Waals surface area contributed by atoms with Gasteiger partial charge in [0.1, 0.15) is 30.8 Å². The quantitative estimate of drug-likeness (QED) is 0.408. The minimum Gasteiger partial charge on any atom is -0.497 e. The lowest BCUT2D eigenvalue weighted by molar-refractivity contribution is -0.142. The molecule has 0 aliphatic carbocycles. The van der Waals surface area contributed by atoms with Crippen molar-refractivity contribution in [3.63, 3.8) is 0 Å². The van der Waals surface area contributed by atoms with E-state index >= 15 is 0 Å². The van der Waals surface area contributed by atoms with Crippen molar-refractivity contribution < 1.29 is 28.8 Å². The van der Waals surface area contributed by atoms with Crippen LogP contribution in [0, 0.1) is 0 Å². The van der Waals surface area contributed by atoms with E-state index in [2.05, 4.69) is 44.7 Å². The van der Waals surface area contributed by atoms with Crippen molar-refractivity contribution in [1.82, 2.24) is 0 Å². The van der Waals surface area contributed by atoms with E-state index in [1.165, 1.54) is 11.1 Å². The lowest BCUT2D eigenvalue weighted by atomic mass is 9.78. The van der Waals surface area contributed by atoms with Crippen molar-refractivity contribution in [3.8, 4) is 11.5 Å². The Kier molecular flexibility index (Phi) is 9.09. The van der Waals surface area contributed by atoms with Crippen molar-refractivity contribution >= 4 is 5.97 Å². The second-order valence-electron chi connectivity index (χ2n) is 7.82. The van der Waals surface area contributed by atoms with Gasteiger partial charge >= 0.3 is 5.97 Å². The number of ether oxygens (including phenoxy) is 4. The summed E-state index contributed by atoms with van der Waals surface area (Å²) in [6.07, 6.45) is -0.0843. The first kappa shape index (κ1) is 24.4. The molecular formula is C25H32O6. The Morgan fingerprint density at radius 3 is 2.06 bits per heavy atom. The third-order valence-corrected chi connectivity index (χ3v) is 5.03. The molecule has 0 radical (unpaired) electrons. The third-order valence-electron chi connectivity index (χ3n) is 5.03. The van der Waals surface area contributed by atoms with Crippen LogP contribution in [0.5, 0.6) is 11.5 Å². The minimum absolute atomic E-state index is 0.0456. The number of esters is 1. The zero-order valence-electron chi connectivity index (χ0n) is 18.7. The maximum Gasteiger partial charge on any atom is 0.330 e. The highest BCUT2D eigenvalue weighted by molar-refractivity contribution is 5.81. The van der Waals surface area contributed by atoms with Gasteiger partial charge in [0.25, 0.3) is 0 Å². The fourth-order valence-electron chi connectivity index (χ4n) is 2.96. The van der Waals surface area contributed by atoms with E-state index < -0.39 is 12.1 Å². The van der Waals surface area contributed by atoms with Gasteiger partial charge in [-0.1, -0.05) is 44.7 Å². The van der Waals surface area contributed by atoms with Crippen molar-refractivity contribution in [2.75, 3.05) is 26.9 Å². The predicted molar refractivity (Wildman–Crippen MR) is 120 cm³/mol. The van der Waals surface area contributed by atoms with Gasteiger partial charge in [0.05, 0.1) is 19.8 Å². The molecule has 0 aliphatic rings. The van der Waals surface area contributed by atoms with Gasteiger partial charge in [-0.15, -0.1) is 0 Å². The van der Waals surface area contributed by atoms with E-state index in [4.69, 9.17) is 18.9 Å². The highest BCUT2D eigenvalue weighted by Gasteiger charge is 2.23. The van der Waals surface area contributed by atoms with Gasteiger partial charge in [0.15, 0.2) is 0 Å². The summed E-state index contributed by atoms with van der Waals surface area (Å²) in [6.45, 7) is 9.75. The predicted octanol–water partition coefficient (Wildman–Crippen LogP) is 3.90. The van der Waals surface area contributed by atoms with Crippen LogP contribution in [0.1, 0.15) is 31.9 Å². The first-order valence-corrected chi connectivity index (χ1v) is 10.2. The van der Waals surface area contributed by atoms with E-state index in [0.717, 1.165) is 17.6 Å². The number of benzene rings is 2. The summed E-state index contributed by atoms with van der Waals surface area (Å²) < 4.78 is 21.4. The molecule has 2 aromatic rings. The summed E-state index contributed by atoms with van der Waals surface area (Å²) in [7, 11) is 1.66. The van der Waals surface area contributed by atoms with E-state index in [0.29, 0.717) is 6.61 Å². The molecular weight excluding hydrogens is 396 g/mol. The van der Waals surface area contributed by atoms with E-state index in [1.54, 1.807) is 7.11 Å². The molecule has 0 fully saturated rings. The molecule has 2 aromatic carbocycles. The number of methoxy groups -OCH3 is 1. The second kappa shape index (κ2) is 11.5. The SMILES string of the molecule is C=CC(=O)OCC(O)COC(C)COc1ccc(C(C)(C)c2ccc(OC)cc2)cc1. The summed E-state index contributed by atoms with van der Waals surface area (Å²) in [5.41, 5.74) is 2.21. The molecule has 0 aromatic heterocycles. The molecule has 0 aliphatic heterocycles. The van der Waals surface area contributed by atoms with Crippen molar-refractivity contribution in [2.24, 2.45) is 0 Å². The van der Waals surface area contributed by atoms with Gasteiger partial charge in [-0.2, -0.15) is 0 Å². The summed E-state index contributed by atoms with van der Waals surface area (Å²) in [5, 5.41) is 9.77. The van der Waals surface area contributed by atoms with Crippen LogP contribution in [0.4, 0.5) is 0 Å². The third kappa shape index (κ3) is 7.42. The first-order chi connectivity index (χ1) is 14.8. The van der Waals surface area contributed by atoms with Crippen LogP contribution in [0.25, 0.3) is 0 Å². The molecule has 0 bridgehead atoms. The van der Waals surface area contributed by atoms with Crippen molar-refractivity contribution in [2.45, 2.75) is 38.4 Å². The van der Waals surface area contributed by atoms with Crippen LogP contribution in [0.3, 0.4) is 0 Å². The molecule has 1 N–H and O–H groups in total. The number of hydrogen-bond donors (Lipinski definition) is 1. The molecule has 2 rings (SSSR count). The largest absolute Gasteiger partial charge is 0.497 e. The van der Waals surface area contributed by atoms with Crippen LogP contribution < -0.4 is 9.47 Å². The molecule has 0 amide bonds. The van der Waals surface area contributed by atoms with E-state index in [1.807, 2.05) is 31.2 Å². The molecule has 168 valence electrons. The van der Waals surface area contributed by atoms with Gasteiger partial charge in [-0.25, -0.2) is 4.79 Å². The van der Waals surface area contributed by atoms with E-state index in [9.17, 15) is 9.90 Å². The molecule has 6 nitrogen and oxygen atoms in total. The Morgan fingerprint density at radius 2 is 1.55 bits per heavy atom. The first-order valence-electron chi connectivity index (χ1n) is 10.2. The monoisotopic (exact) mass is 428 g/mol. The van der Waals surface area contributed by atoms with Crippen LogP contribution in [0.15, 0.2) is 61.2 Å². The normalized spacial score (nSPS) is 13.2. The number of rotatable bonds is 12. The van der Waals surface area contributed by atoms with Gasteiger partial charge < -0.3 is 24.1 Å². The number of carbonyl (C=O) groups is 1. The Labute approximate surface area is 184 Å². The average Bonchev–Trinajstić information content (AvgIpc) is 2.80. The minimum atomic E-state index is -0.897. The Balaban J connectivity index is 1.83. The van der Waals surface area contributed by atoms with Crippen molar-refractivity contribution in [1.29, 1.82) is 0 Å². The summed E-state index contributed by atoms with van der Waals surface area (Å²) in [4.78, 5) is 11.0. The molecule has 0 saturated carbocycles. The lowest BCUT2D eigenvalue weighted by Crippen LogP contribution is -2.28. The second-order valence-corrected chi connectivity index (χ2v) is 7.82. The summed E-state index contributed by atoms with van der Waals surface area (Å²) in [5.74, 6) is 1.00. The maximum atomic E-state index is 11.0. The molecule has 0 spiro atoms. The zero-order valence-corrected chi connectivity index (χ0v) is 18.7. The fourth-order valence-corrected chi connectivity index (χ4v) is 2.96. The lowest BCUT2D eigenvalue weighted by Gasteiger charge is -2.26. The summed E-state index contributed by atoms with van der Waals surface area (Å²) >= 11 is 0. The Bertz CT molecular complexity index is 826. The number of carbonyl (C=O) groups excluding carboxylic acids is 1. The standard InChI is InChI=1S/C25H32O6/c1-6-24(27)31-17-21(26)16-29-18(2)15-30-23-13-9-20(10-14-23)25(3,4)19-7-11-22(28-5)12-8-19/h6-14,18,21,26H,1,15-17H2,2-5H3. The average molecular weight is 429 g/mol. The van der Waals surface area contributed by atoms with Gasteiger partial charge in [0, 0.05) is 11.5 Å². The molecule has 0 heterocycles. The van der Waals surface area contributed by atoms with Crippen LogP contribution in [-0.2, 0) is 19.7 Å². The van der Waals surface area contributed by atoms with Crippen LogP contribution in [0.2, 0.25) is 0 Å². The molecule has 6 heteroatoms. The molecule has 31 heavy (non-hydrogen) atoms. The van der Waals surface area contributed by atoms with Gasteiger partial charge in [-0.05, 0) is 42.3 Å². The zero-order chi connectivity index (χ0) is 22.9. The Morgan fingerprint density at radius 1 is 1.00 bits per heavy atom. The van der Waals surface area contributed by atoms with Crippen molar-refractivity contribution in [3.05, 3.63) is 72.3 Å². The fraction of sp³-hybridized carbons (Fsp3) is 0.400. The highest BCUT2D eigenvalue weighted by atomic mass is 16.6. The number of aliphatic hydroxyl groups is 1. The Hall–Kier alpha value is -2.83. The molecule has 2 atom stereocenters. The highest BCUT2D eigenvalue weighted by Crippen LogP contribution is 2.33. The van der Waals surface area contributed by atoms with E-state index in [-0.39, 0.29) is 24.7 Å². The number of hydrogen-bond acceptors (Lipinski definition) is 6. The van der Waals surface area contributed by atoms with Gasteiger partial charge in [-0.3, -0.25) is 0 Å². The van der Waals surface area contributed by atoms with Crippen LogP contribution >= 0.6 is 0 Å². The van der Waals surface area contributed by atoms with Gasteiger partial charge in [0.2, 0.25) is 0 Å².